The Morgan fingerprint density at radius 1 is 1.24 bits per heavy atom. The number of anilines is 1. The first-order chi connectivity index (χ1) is 14.0. The summed E-state index contributed by atoms with van der Waals surface area (Å²) in [5, 5.41) is 2.85. The van der Waals surface area contributed by atoms with Crippen LogP contribution in [0.1, 0.15) is 13.8 Å². The number of aromatic nitrogens is 2. The minimum atomic E-state index is -0.193. The standard InChI is InChI=1S/C22H30N6O/c1-17(2)6-5-9-23-22(29)28-16-24-21-19(7-4-8-20(21)28)27-14-18(15-27)26-12-10-25(3)11-13-26/h4,7-8,16-18H,9-15H2,1-3H3,(H,23,29). The summed E-state index contributed by atoms with van der Waals surface area (Å²) >= 11 is 0. The second-order valence-electron chi connectivity index (χ2n) is 8.29. The number of nitrogens with one attached hydrogen (secondary N) is 1. The SMILES string of the molecule is CC(C)C#CCNC(=O)n1cnc2c(N3CC(N4CCN(C)CC4)C3)cccc21. The van der Waals surface area contributed by atoms with E-state index in [1.807, 2.05) is 26.0 Å². The smallest absolute Gasteiger partial charge is 0.328 e. The monoisotopic (exact) mass is 394 g/mol. The van der Waals surface area contributed by atoms with Crippen LogP contribution in [0.15, 0.2) is 24.5 Å². The maximum atomic E-state index is 12.5. The van der Waals surface area contributed by atoms with Crippen LogP contribution in [0.2, 0.25) is 0 Å². The maximum absolute atomic E-state index is 12.5. The molecule has 7 heteroatoms. The van der Waals surface area contributed by atoms with Crippen molar-refractivity contribution in [3.63, 3.8) is 0 Å². The van der Waals surface area contributed by atoms with Gasteiger partial charge in [0.05, 0.1) is 17.7 Å². The number of carbonyl (C=O) groups excluding carboxylic acids is 1. The van der Waals surface area contributed by atoms with Gasteiger partial charge in [-0.1, -0.05) is 31.8 Å². The number of para-hydroxylation sites is 1. The molecule has 7 nitrogen and oxygen atoms in total. The summed E-state index contributed by atoms with van der Waals surface area (Å²) in [5.74, 6) is 6.33. The van der Waals surface area contributed by atoms with Crippen molar-refractivity contribution in [1.29, 1.82) is 0 Å². The fourth-order valence-electron chi connectivity index (χ4n) is 3.97. The highest BCUT2D eigenvalue weighted by Gasteiger charge is 2.34. The highest BCUT2D eigenvalue weighted by molar-refractivity contribution is 5.95. The van der Waals surface area contributed by atoms with Crippen molar-refractivity contribution in [2.75, 3.05) is 57.8 Å². The average Bonchev–Trinajstić information content (AvgIpc) is 3.10. The van der Waals surface area contributed by atoms with Gasteiger partial charge in [-0.2, -0.15) is 0 Å². The highest BCUT2D eigenvalue weighted by Crippen LogP contribution is 2.30. The molecule has 2 aliphatic heterocycles. The average molecular weight is 395 g/mol. The molecule has 0 spiro atoms. The molecule has 0 saturated carbocycles. The van der Waals surface area contributed by atoms with E-state index in [9.17, 15) is 4.79 Å². The van der Waals surface area contributed by atoms with E-state index in [4.69, 9.17) is 0 Å². The normalized spacial score (nSPS) is 18.6. The fourth-order valence-corrected chi connectivity index (χ4v) is 3.97. The molecule has 0 radical (unpaired) electrons. The first kappa shape index (κ1) is 19.7. The largest absolute Gasteiger partial charge is 0.366 e. The van der Waals surface area contributed by atoms with E-state index in [-0.39, 0.29) is 6.03 Å². The summed E-state index contributed by atoms with van der Waals surface area (Å²) in [7, 11) is 2.19. The first-order valence-corrected chi connectivity index (χ1v) is 10.4. The molecule has 0 aliphatic carbocycles. The van der Waals surface area contributed by atoms with Gasteiger partial charge in [0.25, 0.3) is 0 Å². The van der Waals surface area contributed by atoms with Crippen LogP contribution >= 0.6 is 0 Å². The molecule has 0 bridgehead atoms. The lowest BCUT2D eigenvalue weighted by Crippen LogP contribution is -2.63. The van der Waals surface area contributed by atoms with Gasteiger partial charge < -0.3 is 15.1 Å². The third-order valence-electron chi connectivity index (χ3n) is 5.75. The summed E-state index contributed by atoms with van der Waals surface area (Å²) < 4.78 is 1.58. The number of fused-ring (bicyclic) bond motifs is 1. The third-order valence-corrected chi connectivity index (χ3v) is 5.75. The van der Waals surface area contributed by atoms with Crippen LogP contribution < -0.4 is 10.2 Å². The molecular formula is C22H30N6O. The number of hydrogen-bond acceptors (Lipinski definition) is 5. The Kier molecular flexibility index (Phi) is 5.74. The summed E-state index contributed by atoms with van der Waals surface area (Å²) in [6.45, 7) is 11.0. The van der Waals surface area contributed by atoms with E-state index < -0.39 is 0 Å². The lowest BCUT2D eigenvalue weighted by molar-refractivity contribution is 0.0964. The topological polar surface area (TPSA) is 56.6 Å². The van der Waals surface area contributed by atoms with Crippen molar-refractivity contribution < 1.29 is 4.79 Å². The van der Waals surface area contributed by atoms with Gasteiger partial charge in [0.2, 0.25) is 0 Å². The molecule has 2 aliphatic rings. The maximum Gasteiger partial charge on any atom is 0.328 e. The second kappa shape index (κ2) is 8.44. The molecule has 1 aromatic carbocycles. The molecule has 0 atom stereocenters. The van der Waals surface area contributed by atoms with E-state index in [0.717, 1.165) is 56.0 Å². The van der Waals surface area contributed by atoms with E-state index in [1.54, 1.807) is 10.9 Å². The second-order valence-corrected chi connectivity index (χ2v) is 8.29. The van der Waals surface area contributed by atoms with Gasteiger partial charge in [-0.05, 0) is 19.2 Å². The van der Waals surface area contributed by atoms with Gasteiger partial charge in [0.15, 0.2) is 0 Å². The molecule has 2 saturated heterocycles. The predicted octanol–water partition coefficient (Wildman–Crippen LogP) is 1.69. The molecule has 3 heterocycles. The van der Waals surface area contributed by atoms with E-state index in [2.05, 4.69) is 50.0 Å². The zero-order valence-electron chi connectivity index (χ0n) is 17.6. The summed E-state index contributed by atoms with van der Waals surface area (Å²) in [6.07, 6.45) is 1.61. The molecule has 4 rings (SSSR count). The van der Waals surface area contributed by atoms with Gasteiger partial charge in [-0.15, -0.1) is 0 Å². The molecular weight excluding hydrogens is 364 g/mol. The van der Waals surface area contributed by atoms with Crippen LogP contribution in [0.5, 0.6) is 0 Å². The minimum absolute atomic E-state index is 0.193. The van der Waals surface area contributed by atoms with E-state index in [1.165, 1.54) is 0 Å². The van der Waals surface area contributed by atoms with Crippen LogP contribution in [-0.4, -0.2) is 84.3 Å². The van der Waals surface area contributed by atoms with Gasteiger partial charge >= 0.3 is 6.03 Å². The number of hydrogen-bond donors (Lipinski definition) is 1. The molecule has 2 fully saturated rings. The van der Waals surface area contributed by atoms with Crippen molar-refractivity contribution in [3.8, 4) is 11.8 Å². The summed E-state index contributed by atoms with van der Waals surface area (Å²) in [4.78, 5) is 24.4. The number of amides is 1. The Labute approximate surface area is 172 Å². The van der Waals surface area contributed by atoms with Crippen LogP contribution in [0, 0.1) is 17.8 Å². The van der Waals surface area contributed by atoms with Gasteiger partial charge in [-0.25, -0.2) is 9.78 Å². The van der Waals surface area contributed by atoms with Crippen LogP contribution in [0.4, 0.5) is 10.5 Å². The molecule has 2 aromatic rings. The number of rotatable bonds is 3. The summed E-state index contributed by atoms with van der Waals surface area (Å²) in [5.41, 5.74) is 2.83. The summed E-state index contributed by atoms with van der Waals surface area (Å²) in [6, 6.07) is 6.48. The molecule has 154 valence electrons. The van der Waals surface area contributed by atoms with Crippen LogP contribution in [-0.2, 0) is 0 Å². The lowest BCUT2D eigenvalue weighted by Gasteiger charge is -2.48. The molecule has 29 heavy (non-hydrogen) atoms. The molecule has 0 unspecified atom stereocenters. The van der Waals surface area contributed by atoms with Crippen molar-refractivity contribution in [2.45, 2.75) is 19.9 Å². The lowest BCUT2D eigenvalue weighted by atomic mass is 10.0. The number of piperazine rings is 1. The van der Waals surface area contributed by atoms with Crippen molar-refractivity contribution >= 4 is 22.8 Å². The van der Waals surface area contributed by atoms with E-state index in [0.29, 0.717) is 18.5 Å². The zero-order chi connectivity index (χ0) is 20.4. The van der Waals surface area contributed by atoms with Crippen molar-refractivity contribution in [3.05, 3.63) is 24.5 Å². The quantitative estimate of drug-likeness (QED) is 0.803. The fraction of sp³-hybridized carbons (Fsp3) is 0.545. The number of imidazole rings is 1. The van der Waals surface area contributed by atoms with Gasteiger partial charge in [0.1, 0.15) is 11.8 Å². The van der Waals surface area contributed by atoms with Crippen molar-refractivity contribution in [1.82, 2.24) is 24.7 Å². The molecule has 1 N–H and O–H groups in total. The van der Waals surface area contributed by atoms with Gasteiger partial charge in [0, 0.05) is 51.2 Å². The Bertz CT molecular complexity index is 926. The Morgan fingerprint density at radius 2 is 2.00 bits per heavy atom. The number of carbonyl (C=O) groups is 1. The number of benzene rings is 1. The zero-order valence-corrected chi connectivity index (χ0v) is 17.6. The highest BCUT2D eigenvalue weighted by atomic mass is 16.2. The van der Waals surface area contributed by atoms with Crippen molar-refractivity contribution in [2.24, 2.45) is 5.92 Å². The number of nitrogens with zero attached hydrogens (tertiary/aromatic N) is 5. The third kappa shape index (κ3) is 4.24. The van der Waals surface area contributed by atoms with Gasteiger partial charge in [-0.3, -0.25) is 9.47 Å². The Hall–Kier alpha value is -2.56. The van der Waals surface area contributed by atoms with E-state index >= 15 is 0 Å². The number of likely N-dealkylation sites (N-methyl/N-ethyl adjacent to an activating group) is 1. The minimum Gasteiger partial charge on any atom is -0.366 e. The van der Waals surface area contributed by atoms with Crippen LogP contribution in [0.25, 0.3) is 11.0 Å². The van der Waals surface area contributed by atoms with Crippen LogP contribution in [0.3, 0.4) is 0 Å². The molecule has 1 amide bonds. The molecule has 1 aromatic heterocycles. The first-order valence-electron chi connectivity index (χ1n) is 10.4. The Balaban J connectivity index is 1.42. The Morgan fingerprint density at radius 3 is 2.72 bits per heavy atom. The predicted molar refractivity (Wildman–Crippen MR) is 116 cm³/mol.